The van der Waals surface area contributed by atoms with Gasteiger partial charge in [-0.2, -0.15) is 0 Å². The molecule has 94 valence electrons. The van der Waals surface area contributed by atoms with Crippen LogP contribution < -0.4 is 5.43 Å². The summed E-state index contributed by atoms with van der Waals surface area (Å²) in [5, 5.41) is 11.5. The molecule has 17 heavy (non-hydrogen) atoms. The van der Waals surface area contributed by atoms with Crippen molar-refractivity contribution in [3.63, 3.8) is 0 Å². The molecular formula is C11H15BrN2O3. The van der Waals surface area contributed by atoms with E-state index in [9.17, 15) is 14.9 Å². The predicted octanol–water partition coefficient (Wildman–Crippen LogP) is 2.42. The number of hydrogen-bond acceptors (Lipinski definition) is 3. The molecule has 1 atom stereocenters. The molecule has 1 heterocycles. The third-order valence-corrected chi connectivity index (χ3v) is 3.57. The third kappa shape index (κ3) is 3.66. The maximum atomic E-state index is 11.2. The van der Waals surface area contributed by atoms with Crippen molar-refractivity contribution in [3.05, 3.63) is 38.8 Å². The molecule has 0 spiro atoms. The van der Waals surface area contributed by atoms with E-state index in [1.54, 1.807) is 10.8 Å². The van der Waals surface area contributed by atoms with Gasteiger partial charge in [-0.1, -0.05) is 29.8 Å². The van der Waals surface area contributed by atoms with Crippen LogP contribution in [0.15, 0.2) is 23.3 Å². The second kappa shape index (κ2) is 5.95. The van der Waals surface area contributed by atoms with Crippen LogP contribution in [0.3, 0.4) is 0 Å². The molecule has 0 amide bonds. The lowest BCUT2D eigenvalue weighted by molar-refractivity contribution is -0.386. The molecule has 0 saturated carbocycles. The molecule has 0 radical (unpaired) electrons. The smallest absolute Gasteiger partial charge is 0.332 e. The molecule has 1 aromatic rings. The minimum atomic E-state index is -0.642. The Morgan fingerprint density at radius 3 is 2.65 bits per heavy atom. The van der Waals surface area contributed by atoms with E-state index in [0.29, 0.717) is 18.4 Å². The Kier molecular flexibility index (Phi) is 4.86. The fraction of sp³-hybridized carbons (Fsp3) is 0.545. The number of nitro groups is 1. The molecule has 0 aromatic carbocycles. The van der Waals surface area contributed by atoms with Crippen molar-refractivity contribution in [1.29, 1.82) is 0 Å². The van der Waals surface area contributed by atoms with Gasteiger partial charge >= 0.3 is 5.69 Å². The lowest BCUT2D eigenvalue weighted by Gasteiger charge is -2.19. The number of halogens is 1. The predicted molar refractivity (Wildman–Crippen MR) is 69.5 cm³/mol. The van der Waals surface area contributed by atoms with Gasteiger partial charge < -0.3 is 4.57 Å². The van der Waals surface area contributed by atoms with Gasteiger partial charge in [0.2, 0.25) is 0 Å². The van der Waals surface area contributed by atoms with Crippen LogP contribution in [-0.4, -0.2) is 14.8 Å². The van der Waals surface area contributed by atoms with E-state index in [1.807, 2.05) is 0 Å². The number of aromatic nitrogens is 1. The maximum Gasteiger partial charge on any atom is 0.332 e. The molecule has 5 nitrogen and oxygen atoms in total. The first-order valence-electron chi connectivity index (χ1n) is 5.36. The van der Waals surface area contributed by atoms with Crippen molar-refractivity contribution in [2.45, 2.75) is 20.4 Å². The van der Waals surface area contributed by atoms with E-state index >= 15 is 0 Å². The summed E-state index contributed by atoms with van der Waals surface area (Å²) in [7, 11) is 0. The molecule has 1 aromatic heterocycles. The third-order valence-electron chi connectivity index (χ3n) is 2.74. The second-order valence-electron chi connectivity index (χ2n) is 4.31. The van der Waals surface area contributed by atoms with Crippen molar-refractivity contribution >= 4 is 21.6 Å². The summed E-state index contributed by atoms with van der Waals surface area (Å²) in [4.78, 5) is 21.2. The first-order chi connectivity index (χ1) is 7.95. The monoisotopic (exact) mass is 302 g/mol. The SMILES string of the molecule is CC(C)C(CBr)Cn1ccc(=O)c([N+](=O)[O-])c1. The molecule has 0 saturated heterocycles. The lowest BCUT2D eigenvalue weighted by atomic mass is 9.98. The summed E-state index contributed by atoms with van der Waals surface area (Å²) in [5.41, 5.74) is -0.921. The lowest BCUT2D eigenvalue weighted by Crippen LogP contribution is -2.19. The van der Waals surface area contributed by atoms with E-state index < -0.39 is 10.4 Å². The normalized spacial score (nSPS) is 12.7. The summed E-state index contributed by atoms with van der Waals surface area (Å²) >= 11 is 3.43. The number of pyridine rings is 1. The van der Waals surface area contributed by atoms with Gasteiger partial charge in [0.1, 0.15) is 0 Å². The Bertz CT molecular complexity index is 456. The average molecular weight is 303 g/mol. The topological polar surface area (TPSA) is 65.1 Å². The molecule has 6 heteroatoms. The minimum absolute atomic E-state index is 0.371. The van der Waals surface area contributed by atoms with Gasteiger partial charge in [-0.05, 0) is 11.8 Å². The highest BCUT2D eigenvalue weighted by Gasteiger charge is 2.15. The Hall–Kier alpha value is -1.17. The Morgan fingerprint density at radius 2 is 2.18 bits per heavy atom. The number of alkyl halides is 1. The molecule has 1 rings (SSSR count). The van der Waals surface area contributed by atoms with Crippen LogP contribution in [0, 0.1) is 22.0 Å². The second-order valence-corrected chi connectivity index (χ2v) is 4.95. The average Bonchev–Trinajstić information content (AvgIpc) is 2.27. The number of nitrogens with zero attached hydrogens (tertiary/aromatic N) is 2. The van der Waals surface area contributed by atoms with E-state index in [4.69, 9.17) is 0 Å². The minimum Gasteiger partial charge on any atom is -0.348 e. The van der Waals surface area contributed by atoms with E-state index in [1.165, 1.54) is 12.3 Å². The van der Waals surface area contributed by atoms with Gasteiger partial charge in [-0.25, -0.2) is 0 Å². The van der Waals surface area contributed by atoms with Crippen LogP contribution in [0.1, 0.15) is 13.8 Å². The standard InChI is InChI=1S/C11H15BrN2O3/c1-8(2)9(5-12)6-13-4-3-11(15)10(7-13)14(16)17/h3-4,7-9H,5-6H2,1-2H3. The molecular weight excluding hydrogens is 288 g/mol. The van der Waals surface area contributed by atoms with Gasteiger partial charge in [0.25, 0.3) is 5.43 Å². The van der Waals surface area contributed by atoms with Crippen LogP contribution in [0.2, 0.25) is 0 Å². The highest BCUT2D eigenvalue weighted by molar-refractivity contribution is 9.09. The summed E-state index contributed by atoms with van der Waals surface area (Å²) in [5.74, 6) is 0.838. The maximum absolute atomic E-state index is 11.2. The van der Waals surface area contributed by atoms with E-state index in [-0.39, 0.29) is 5.69 Å². The first kappa shape index (κ1) is 13.9. The molecule has 0 aliphatic carbocycles. The fourth-order valence-electron chi connectivity index (χ4n) is 1.47. The highest BCUT2D eigenvalue weighted by Crippen LogP contribution is 2.16. The zero-order valence-electron chi connectivity index (χ0n) is 9.80. The zero-order valence-corrected chi connectivity index (χ0v) is 11.4. The van der Waals surface area contributed by atoms with Crippen LogP contribution in [0.4, 0.5) is 5.69 Å². The van der Waals surface area contributed by atoms with Crippen LogP contribution in [0.25, 0.3) is 0 Å². The van der Waals surface area contributed by atoms with Gasteiger partial charge in [-0.15, -0.1) is 0 Å². The van der Waals surface area contributed by atoms with Crippen molar-refractivity contribution in [2.75, 3.05) is 5.33 Å². The Labute approximate surface area is 108 Å². The molecule has 0 bridgehead atoms. The fourth-order valence-corrected chi connectivity index (χ4v) is 2.42. The van der Waals surface area contributed by atoms with Crippen LogP contribution in [0.5, 0.6) is 0 Å². The molecule has 0 aliphatic heterocycles. The zero-order chi connectivity index (χ0) is 13.0. The van der Waals surface area contributed by atoms with Gasteiger partial charge in [0, 0.05) is 24.1 Å². The molecule has 0 fully saturated rings. The van der Waals surface area contributed by atoms with E-state index in [0.717, 1.165) is 5.33 Å². The van der Waals surface area contributed by atoms with Gasteiger partial charge in [0.15, 0.2) is 0 Å². The van der Waals surface area contributed by atoms with Crippen molar-refractivity contribution in [1.82, 2.24) is 4.57 Å². The summed E-state index contributed by atoms with van der Waals surface area (Å²) in [6.45, 7) is 4.86. The van der Waals surface area contributed by atoms with Crippen LogP contribution in [-0.2, 0) is 6.54 Å². The number of hydrogen-bond donors (Lipinski definition) is 0. The van der Waals surface area contributed by atoms with Crippen molar-refractivity contribution < 1.29 is 4.92 Å². The number of rotatable bonds is 5. The first-order valence-corrected chi connectivity index (χ1v) is 6.48. The van der Waals surface area contributed by atoms with Crippen molar-refractivity contribution in [2.24, 2.45) is 11.8 Å². The summed E-state index contributed by atoms with van der Waals surface area (Å²) in [6, 6.07) is 1.24. The van der Waals surface area contributed by atoms with Crippen LogP contribution >= 0.6 is 15.9 Å². The molecule has 1 unspecified atom stereocenters. The van der Waals surface area contributed by atoms with E-state index in [2.05, 4.69) is 29.8 Å². The molecule has 0 aliphatic rings. The molecule has 0 N–H and O–H groups in total. The van der Waals surface area contributed by atoms with Crippen molar-refractivity contribution in [3.8, 4) is 0 Å². The van der Waals surface area contributed by atoms with Gasteiger partial charge in [-0.3, -0.25) is 14.9 Å². The highest BCUT2D eigenvalue weighted by atomic mass is 79.9. The Balaban J connectivity index is 2.96. The Morgan fingerprint density at radius 1 is 1.53 bits per heavy atom. The van der Waals surface area contributed by atoms with Gasteiger partial charge in [0.05, 0.1) is 11.1 Å². The quantitative estimate of drug-likeness (QED) is 0.477. The summed E-state index contributed by atoms with van der Waals surface area (Å²) in [6.07, 6.45) is 2.90. The largest absolute Gasteiger partial charge is 0.348 e. The summed E-state index contributed by atoms with van der Waals surface area (Å²) < 4.78 is 1.70.